The third-order valence-corrected chi connectivity index (χ3v) is 3.45. The molecule has 0 aromatic heterocycles. The van der Waals surface area contributed by atoms with Gasteiger partial charge in [-0.3, -0.25) is 0 Å². The number of nitrogens with one attached hydrogen (secondary N) is 1. The molecule has 1 aliphatic rings. The van der Waals surface area contributed by atoms with E-state index in [0.717, 1.165) is 25.4 Å². The number of terminal acetylenes is 1. The molecule has 1 fully saturated rings. The molecule has 1 rings (SSSR count). The third-order valence-electron chi connectivity index (χ3n) is 3.45. The van der Waals surface area contributed by atoms with Gasteiger partial charge in [0.25, 0.3) is 0 Å². The summed E-state index contributed by atoms with van der Waals surface area (Å²) in [5, 5.41) is 3.67. The predicted octanol–water partition coefficient (Wildman–Crippen LogP) is 2.25. The van der Waals surface area contributed by atoms with E-state index in [4.69, 9.17) is 6.42 Å². The number of hydrogen-bond acceptors (Lipinski definition) is 2. The van der Waals surface area contributed by atoms with Gasteiger partial charge in [0.2, 0.25) is 0 Å². The Kier molecular flexibility index (Phi) is 7.29. The summed E-state index contributed by atoms with van der Waals surface area (Å²) in [6.07, 6.45) is 12.5. The molecule has 1 atom stereocenters. The van der Waals surface area contributed by atoms with Crippen LogP contribution in [0.2, 0.25) is 0 Å². The SMILES string of the molecule is C#CCCCCNC1CCCN(CC)CC1. The van der Waals surface area contributed by atoms with Gasteiger partial charge in [0, 0.05) is 12.5 Å². The largest absolute Gasteiger partial charge is 0.314 e. The second-order valence-electron chi connectivity index (χ2n) is 4.68. The van der Waals surface area contributed by atoms with Gasteiger partial charge in [-0.1, -0.05) is 6.92 Å². The van der Waals surface area contributed by atoms with Crippen molar-refractivity contribution in [1.29, 1.82) is 0 Å². The van der Waals surface area contributed by atoms with Crippen LogP contribution in [0.25, 0.3) is 0 Å². The van der Waals surface area contributed by atoms with Crippen molar-refractivity contribution < 1.29 is 0 Å². The normalized spacial score (nSPS) is 22.6. The van der Waals surface area contributed by atoms with Gasteiger partial charge in [0.05, 0.1) is 0 Å². The highest BCUT2D eigenvalue weighted by Crippen LogP contribution is 2.10. The molecule has 0 amide bonds. The van der Waals surface area contributed by atoms with Crippen LogP contribution in [-0.4, -0.2) is 37.1 Å². The van der Waals surface area contributed by atoms with E-state index in [0.29, 0.717) is 0 Å². The average molecular weight is 222 g/mol. The number of unbranched alkanes of at least 4 members (excludes halogenated alkanes) is 2. The minimum Gasteiger partial charge on any atom is -0.314 e. The van der Waals surface area contributed by atoms with Crippen LogP contribution in [-0.2, 0) is 0 Å². The summed E-state index contributed by atoms with van der Waals surface area (Å²) in [4.78, 5) is 2.56. The molecule has 0 saturated carbocycles. The fourth-order valence-corrected chi connectivity index (χ4v) is 2.33. The highest BCUT2D eigenvalue weighted by atomic mass is 15.1. The smallest absolute Gasteiger partial charge is 0.00865 e. The number of likely N-dealkylation sites (tertiary alicyclic amines) is 1. The fourth-order valence-electron chi connectivity index (χ4n) is 2.33. The monoisotopic (exact) mass is 222 g/mol. The Morgan fingerprint density at radius 1 is 1.31 bits per heavy atom. The maximum absolute atomic E-state index is 5.23. The lowest BCUT2D eigenvalue weighted by Crippen LogP contribution is -2.31. The van der Waals surface area contributed by atoms with Crippen molar-refractivity contribution in [1.82, 2.24) is 10.2 Å². The molecule has 1 heterocycles. The van der Waals surface area contributed by atoms with Crippen LogP contribution >= 0.6 is 0 Å². The van der Waals surface area contributed by atoms with Crippen LogP contribution in [0.1, 0.15) is 45.4 Å². The molecule has 1 unspecified atom stereocenters. The first-order valence-corrected chi connectivity index (χ1v) is 6.76. The van der Waals surface area contributed by atoms with Crippen molar-refractivity contribution in [2.24, 2.45) is 0 Å². The van der Waals surface area contributed by atoms with Crippen LogP contribution in [0.5, 0.6) is 0 Å². The van der Waals surface area contributed by atoms with Crippen LogP contribution in [0.15, 0.2) is 0 Å². The van der Waals surface area contributed by atoms with E-state index in [9.17, 15) is 0 Å². The summed E-state index contributed by atoms with van der Waals surface area (Å²) < 4.78 is 0. The summed E-state index contributed by atoms with van der Waals surface area (Å²) in [6.45, 7) is 7.14. The summed E-state index contributed by atoms with van der Waals surface area (Å²) in [5.74, 6) is 2.70. The molecule has 92 valence electrons. The van der Waals surface area contributed by atoms with E-state index in [1.807, 2.05) is 0 Å². The van der Waals surface area contributed by atoms with E-state index < -0.39 is 0 Å². The van der Waals surface area contributed by atoms with Crippen LogP contribution in [0.3, 0.4) is 0 Å². The minimum atomic E-state index is 0.738. The Labute approximate surface area is 101 Å². The van der Waals surface area contributed by atoms with Crippen molar-refractivity contribution in [2.45, 2.75) is 51.5 Å². The first kappa shape index (κ1) is 13.5. The molecule has 0 aliphatic carbocycles. The van der Waals surface area contributed by atoms with Gasteiger partial charge in [-0.15, -0.1) is 12.3 Å². The number of rotatable bonds is 6. The summed E-state index contributed by atoms with van der Waals surface area (Å²) in [5.41, 5.74) is 0. The Morgan fingerprint density at radius 3 is 2.94 bits per heavy atom. The van der Waals surface area contributed by atoms with Gasteiger partial charge >= 0.3 is 0 Å². The van der Waals surface area contributed by atoms with Crippen LogP contribution < -0.4 is 5.32 Å². The molecule has 1 aliphatic heterocycles. The summed E-state index contributed by atoms with van der Waals surface area (Å²) in [6, 6.07) is 0.738. The standard InChI is InChI=1S/C14H26N2/c1-3-5-6-7-11-15-14-9-8-12-16(4-2)13-10-14/h1,14-15H,4-13H2,2H3. The second-order valence-corrected chi connectivity index (χ2v) is 4.68. The third kappa shape index (κ3) is 5.53. The zero-order valence-electron chi connectivity index (χ0n) is 10.7. The molecule has 0 radical (unpaired) electrons. The van der Waals surface area contributed by atoms with Gasteiger partial charge < -0.3 is 10.2 Å². The highest BCUT2D eigenvalue weighted by molar-refractivity contribution is 4.83. The molecule has 2 heteroatoms. The number of hydrogen-bond donors (Lipinski definition) is 1. The lowest BCUT2D eigenvalue weighted by molar-refractivity contribution is 0.297. The molecule has 1 saturated heterocycles. The van der Waals surface area contributed by atoms with E-state index in [1.54, 1.807) is 0 Å². The van der Waals surface area contributed by atoms with Crippen molar-refractivity contribution in [3.8, 4) is 12.3 Å². The quantitative estimate of drug-likeness (QED) is 0.548. The molecule has 16 heavy (non-hydrogen) atoms. The first-order valence-electron chi connectivity index (χ1n) is 6.76. The average Bonchev–Trinajstić information content (AvgIpc) is 2.54. The van der Waals surface area contributed by atoms with Crippen molar-refractivity contribution in [3.05, 3.63) is 0 Å². The minimum absolute atomic E-state index is 0.738. The van der Waals surface area contributed by atoms with Gasteiger partial charge in [0.1, 0.15) is 0 Å². The van der Waals surface area contributed by atoms with Crippen molar-refractivity contribution in [3.63, 3.8) is 0 Å². The van der Waals surface area contributed by atoms with Crippen LogP contribution in [0, 0.1) is 12.3 Å². The fraction of sp³-hybridized carbons (Fsp3) is 0.857. The molecule has 0 aromatic carbocycles. The lowest BCUT2D eigenvalue weighted by atomic mass is 10.1. The molecule has 0 bridgehead atoms. The molecule has 1 N–H and O–H groups in total. The maximum Gasteiger partial charge on any atom is 0.00865 e. The van der Waals surface area contributed by atoms with E-state index in [2.05, 4.69) is 23.1 Å². The molecule has 0 spiro atoms. The predicted molar refractivity (Wildman–Crippen MR) is 70.4 cm³/mol. The zero-order valence-corrected chi connectivity index (χ0v) is 10.7. The Bertz CT molecular complexity index is 207. The summed E-state index contributed by atoms with van der Waals surface area (Å²) >= 11 is 0. The topological polar surface area (TPSA) is 15.3 Å². The zero-order chi connectivity index (χ0) is 11.6. The first-order chi connectivity index (χ1) is 7.86. The number of nitrogens with zero attached hydrogens (tertiary/aromatic N) is 1. The van der Waals surface area contributed by atoms with E-state index in [1.165, 1.54) is 45.3 Å². The van der Waals surface area contributed by atoms with Gasteiger partial charge in [-0.2, -0.15) is 0 Å². The Morgan fingerprint density at radius 2 is 2.19 bits per heavy atom. The lowest BCUT2D eigenvalue weighted by Gasteiger charge is -2.18. The van der Waals surface area contributed by atoms with E-state index in [-0.39, 0.29) is 0 Å². The second kappa shape index (κ2) is 8.61. The van der Waals surface area contributed by atoms with Crippen LogP contribution in [0.4, 0.5) is 0 Å². The molecular weight excluding hydrogens is 196 g/mol. The molecular formula is C14H26N2. The summed E-state index contributed by atoms with van der Waals surface area (Å²) in [7, 11) is 0. The van der Waals surface area contributed by atoms with Crippen molar-refractivity contribution >= 4 is 0 Å². The molecule has 0 aromatic rings. The van der Waals surface area contributed by atoms with Gasteiger partial charge in [0.15, 0.2) is 0 Å². The van der Waals surface area contributed by atoms with Gasteiger partial charge in [-0.05, 0) is 58.3 Å². The Hall–Kier alpha value is -0.520. The highest BCUT2D eigenvalue weighted by Gasteiger charge is 2.14. The maximum atomic E-state index is 5.23. The van der Waals surface area contributed by atoms with E-state index >= 15 is 0 Å². The van der Waals surface area contributed by atoms with Gasteiger partial charge in [-0.25, -0.2) is 0 Å². The Balaban J connectivity index is 2.06. The van der Waals surface area contributed by atoms with Crippen molar-refractivity contribution in [2.75, 3.05) is 26.2 Å². The molecule has 2 nitrogen and oxygen atoms in total.